The van der Waals surface area contributed by atoms with Crippen molar-refractivity contribution in [1.29, 1.82) is 0 Å². The van der Waals surface area contributed by atoms with Gasteiger partial charge in [-0.3, -0.25) is 4.90 Å². The third-order valence-electron chi connectivity index (χ3n) is 2.10. The number of fused-ring (bicyclic) bond motifs is 1. The van der Waals surface area contributed by atoms with Crippen LogP contribution in [0.5, 0.6) is 5.75 Å². The summed E-state index contributed by atoms with van der Waals surface area (Å²) < 4.78 is 5.52. The summed E-state index contributed by atoms with van der Waals surface area (Å²) in [6.07, 6.45) is 0. The van der Waals surface area contributed by atoms with E-state index < -0.39 is 0 Å². The van der Waals surface area contributed by atoms with Crippen molar-refractivity contribution in [3.8, 4) is 5.75 Å². The summed E-state index contributed by atoms with van der Waals surface area (Å²) in [5.74, 6) is 1.04. The Bertz CT molecular complexity index is 296. The van der Waals surface area contributed by atoms with Gasteiger partial charge in [0.1, 0.15) is 12.5 Å². The maximum absolute atomic E-state index is 5.52. The van der Waals surface area contributed by atoms with Crippen LogP contribution in [0.4, 0.5) is 0 Å². The maximum Gasteiger partial charge on any atom is 0.142 e. The SMILES string of the molecule is Cc1ccc2c(c1)CN(C)CO2. The molecule has 0 saturated heterocycles. The molecule has 1 aliphatic rings. The van der Waals surface area contributed by atoms with Crippen LogP contribution in [0.2, 0.25) is 0 Å². The largest absolute Gasteiger partial charge is 0.478 e. The molecule has 0 aliphatic carbocycles. The molecule has 64 valence electrons. The molecule has 0 spiro atoms. The summed E-state index contributed by atoms with van der Waals surface area (Å²) in [7, 11) is 2.06. The Morgan fingerprint density at radius 1 is 1.42 bits per heavy atom. The van der Waals surface area contributed by atoms with Crippen molar-refractivity contribution in [1.82, 2.24) is 4.90 Å². The minimum absolute atomic E-state index is 0.704. The van der Waals surface area contributed by atoms with Crippen LogP contribution in [-0.4, -0.2) is 18.7 Å². The van der Waals surface area contributed by atoms with Crippen molar-refractivity contribution in [3.05, 3.63) is 29.3 Å². The number of hydrogen-bond donors (Lipinski definition) is 0. The molecule has 2 rings (SSSR count). The van der Waals surface area contributed by atoms with E-state index in [4.69, 9.17) is 4.74 Å². The van der Waals surface area contributed by atoms with Crippen LogP contribution >= 0.6 is 0 Å². The number of ether oxygens (including phenoxy) is 1. The highest BCUT2D eigenvalue weighted by molar-refractivity contribution is 5.37. The van der Waals surface area contributed by atoms with E-state index in [9.17, 15) is 0 Å². The van der Waals surface area contributed by atoms with E-state index in [1.165, 1.54) is 11.1 Å². The monoisotopic (exact) mass is 163 g/mol. The smallest absolute Gasteiger partial charge is 0.142 e. The highest BCUT2D eigenvalue weighted by Crippen LogP contribution is 2.24. The molecular formula is C10H13NO. The van der Waals surface area contributed by atoms with E-state index in [1.807, 2.05) is 0 Å². The number of aryl methyl sites for hydroxylation is 1. The van der Waals surface area contributed by atoms with Gasteiger partial charge in [-0.05, 0) is 20.0 Å². The summed E-state index contributed by atoms with van der Waals surface area (Å²) in [5.41, 5.74) is 2.59. The molecule has 0 atom stereocenters. The molecule has 1 aromatic carbocycles. The quantitative estimate of drug-likeness (QED) is 0.578. The third kappa shape index (κ3) is 1.30. The Balaban J connectivity index is 2.37. The first-order chi connectivity index (χ1) is 5.75. The van der Waals surface area contributed by atoms with Gasteiger partial charge in [0.25, 0.3) is 0 Å². The van der Waals surface area contributed by atoms with Crippen molar-refractivity contribution < 1.29 is 4.74 Å². The van der Waals surface area contributed by atoms with Crippen LogP contribution in [0.1, 0.15) is 11.1 Å². The number of rotatable bonds is 0. The van der Waals surface area contributed by atoms with E-state index >= 15 is 0 Å². The van der Waals surface area contributed by atoms with E-state index in [0.29, 0.717) is 6.73 Å². The third-order valence-corrected chi connectivity index (χ3v) is 2.10. The van der Waals surface area contributed by atoms with Gasteiger partial charge in [0.05, 0.1) is 0 Å². The fourth-order valence-corrected chi connectivity index (χ4v) is 1.49. The van der Waals surface area contributed by atoms with Crippen LogP contribution < -0.4 is 4.74 Å². The van der Waals surface area contributed by atoms with Crippen LogP contribution in [0.15, 0.2) is 18.2 Å². The first-order valence-corrected chi connectivity index (χ1v) is 4.16. The Kier molecular flexibility index (Phi) is 1.77. The summed E-state index contributed by atoms with van der Waals surface area (Å²) in [5, 5.41) is 0. The first kappa shape index (κ1) is 7.62. The molecule has 0 unspecified atom stereocenters. The first-order valence-electron chi connectivity index (χ1n) is 4.16. The van der Waals surface area contributed by atoms with Gasteiger partial charge >= 0.3 is 0 Å². The highest BCUT2D eigenvalue weighted by Gasteiger charge is 2.12. The van der Waals surface area contributed by atoms with E-state index in [1.54, 1.807) is 0 Å². The molecule has 2 nitrogen and oxygen atoms in total. The van der Waals surface area contributed by atoms with Crippen molar-refractivity contribution in [2.75, 3.05) is 13.8 Å². The Morgan fingerprint density at radius 3 is 3.08 bits per heavy atom. The second-order valence-corrected chi connectivity index (χ2v) is 3.40. The molecule has 0 aromatic heterocycles. The predicted molar refractivity (Wildman–Crippen MR) is 48.1 cm³/mol. The summed E-state index contributed by atoms with van der Waals surface area (Å²) in [6, 6.07) is 6.33. The highest BCUT2D eigenvalue weighted by atomic mass is 16.5. The minimum atomic E-state index is 0.704. The summed E-state index contributed by atoms with van der Waals surface area (Å²) in [4.78, 5) is 2.15. The lowest BCUT2D eigenvalue weighted by atomic mass is 10.1. The Hall–Kier alpha value is -1.02. The van der Waals surface area contributed by atoms with Gasteiger partial charge in [-0.1, -0.05) is 17.7 Å². The molecule has 0 N–H and O–H groups in total. The Morgan fingerprint density at radius 2 is 2.25 bits per heavy atom. The molecule has 0 bridgehead atoms. The average Bonchev–Trinajstić information content (AvgIpc) is 2.03. The van der Waals surface area contributed by atoms with Crippen molar-refractivity contribution in [3.63, 3.8) is 0 Å². The summed E-state index contributed by atoms with van der Waals surface area (Å²) in [6.45, 7) is 3.81. The zero-order valence-corrected chi connectivity index (χ0v) is 7.50. The zero-order valence-electron chi connectivity index (χ0n) is 7.50. The predicted octanol–water partition coefficient (Wildman–Crippen LogP) is 1.78. The molecule has 1 aromatic rings. The van der Waals surface area contributed by atoms with Crippen LogP contribution in [0.3, 0.4) is 0 Å². The van der Waals surface area contributed by atoms with Gasteiger partial charge < -0.3 is 4.74 Å². The van der Waals surface area contributed by atoms with Gasteiger partial charge in [0, 0.05) is 12.1 Å². The van der Waals surface area contributed by atoms with E-state index in [0.717, 1.165) is 12.3 Å². The van der Waals surface area contributed by atoms with Gasteiger partial charge in [-0.25, -0.2) is 0 Å². The van der Waals surface area contributed by atoms with E-state index in [2.05, 4.69) is 37.1 Å². The molecule has 0 saturated carbocycles. The normalized spacial score (nSPS) is 16.8. The van der Waals surface area contributed by atoms with Crippen LogP contribution in [0.25, 0.3) is 0 Å². The average molecular weight is 163 g/mol. The van der Waals surface area contributed by atoms with Crippen molar-refractivity contribution in [2.45, 2.75) is 13.5 Å². The number of benzene rings is 1. The standard InChI is InChI=1S/C10H13NO/c1-8-3-4-10-9(5-8)6-11(2)7-12-10/h3-5H,6-7H2,1-2H3. The molecule has 12 heavy (non-hydrogen) atoms. The number of nitrogens with zero attached hydrogens (tertiary/aromatic N) is 1. The second kappa shape index (κ2) is 2.79. The lowest BCUT2D eigenvalue weighted by Gasteiger charge is -2.25. The second-order valence-electron chi connectivity index (χ2n) is 3.40. The van der Waals surface area contributed by atoms with Gasteiger partial charge in [-0.2, -0.15) is 0 Å². The minimum Gasteiger partial charge on any atom is -0.478 e. The lowest BCUT2D eigenvalue weighted by molar-refractivity contribution is 0.121. The van der Waals surface area contributed by atoms with Crippen LogP contribution in [0, 0.1) is 6.92 Å². The van der Waals surface area contributed by atoms with Gasteiger partial charge in [0.2, 0.25) is 0 Å². The van der Waals surface area contributed by atoms with Gasteiger partial charge in [0.15, 0.2) is 0 Å². The maximum atomic E-state index is 5.52. The fourth-order valence-electron chi connectivity index (χ4n) is 1.49. The molecule has 1 heterocycles. The van der Waals surface area contributed by atoms with Crippen LogP contribution in [-0.2, 0) is 6.54 Å². The van der Waals surface area contributed by atoms with Crippen molar-refractivity contribution in [2.24, 2.45) is 0 Å². The lowest BCUT2D eigenvalue weighted by Crippen LogP contribution is -2.28. The van der Waals surface area contributed by atoms with Crippen molar-refractivity contribution >= 4 is 0 Å². The zero-order chi connectivity index (χ0) is 8.55. The molecule has 1 aliphatic heterocycles. The molecule has 0 radical (unpaired) electrons. The number of hydrogen-bond acceptors (Lipinski definition) is 2. The summed E-state index contributed by atoms with van der Waals surface area (Å²) >= 11 is 0. The molecular weight excluding hydrogens is 150 g/mol. The van der Waals surface area contributed by atoms with Gasteiger partial charge in [-0.15, -0.1) is 0 Å². The molecule has 0 amide bonds. The van der Waals surface area contributed by atoms with E-state index in [-0.39, 0.29) is 0 Å². The fraction of sp³-hybridized carbons (Fsp3) is 0.400. The molecule has 2 heteroatoms. The topological polar surface area (TPSA) is 12.5 Å². The Labute approximate surface area is 72.8 Å². The molecule has 0 fully saturated rings.